The highest BCUT2D eigenvalue weighted by molar-refractivity contribution is 6.03. The Labute approximate surface area is 182 Å². The van der Waals surface area contributed by atoms with Crippen molar-refractivity contribution in [1.29, 1.82) is 0 Å². The molecule has 3 aliphatic rings. The van der Waals surface area contributed by atoms with Gasteiger partial charge in [-0.25, -0.2) is 0 Å². The molecule has 1 aromatic heterocycles. The van der Waals surface area contributed by atoms with E-state index in [9.17, 15) is 9.59 Å². The zero-order chi connectivity index (χ0) is 21.9. The number of hydrogen-bond acceptors (Lipinski definition) is 4. The lowest BCUT2D eigenvalue weighted by Crippen LogP contribution is -2.44. The van der Waals surface area contributed by atoms with Gasteiger partial charge in [0.1, 0.15) is 17.1 Å². The molecule has 2 fully saturated rings. The molecule has 0 aliphatic carbocycles. The number of amides is 2. The van der Waals surface area contributed by atoms with Gasteiger partial charge in [0.05, 0.1) is 31.0 Å². The summed E-state index contributed by atoms with van der Waals surface area (Å²) < 4.78 is 11.9. The minimum absolute atomic E-state index is 0.0373. The molecular formula is C25H28N2O4. The highest BCUT2D eigenvalue weighted by Crippen LogP contribution is 2.53. The molecule has 0 saturated carbocycles. The molecule has 2 saturated heterocycles. The minimum atomic E-state index is -0.721. The maximum Gasteiger partial charge on any atom is 0.234 e. The van der Waals surface area contributed by atoms with Crippen LogP contribution in [-0.4, -0.2) is 42.0 Å². The third-order valence-electron chi connectivity index (χ3n) is 6.82. The summed E-state index contributed by atoms with van der Waals surface area (Å²) >= 11 is 0. The van der Waals surface area contributed by atoms with Crippen LogP contribution >= 0.6 is 0 Å². The zero-order valence-electron chi connectivity index (χ0n) is 18.4. The van der Waals surface area contributed by atoms with E-state index in [0.29, 0.717) is 19.0 Å². The van der Waals surface area contributed by atoms with Gasteiger partial charge >= 0.3 is 0 Å². The van der Waals surface area contributed by atoms with Crippen molar-refractivity contribution in [3.05, 3.63) is 65.6 Å². The summed E-state index contributed by atoms with van der Waals surface area (Å²) in [7, 11) is 1.75. The smallest absolute Gasteiger partial charge is 0.234 e. The van der Waals surface area contributed by atoms with E-state index in [1.54, 1.807) is 16.8 Å². The molecule has 1 spiro atoms. The van der Waals surface area contributed by atoms with E-state index in [2.05, 4.69) is 26.0 Å². The van der Waals surface area contributed by atoms with Gasteiger partial charge in [0.2, 0.25) is 11.8 Å². The molecule has 0 radical (unpaired) electrons. The maximum absolute atomic E-state index is 13.5. The van der Waals surface area contributed by atoms with E-state index < -0.39 is 17.4 Å². The van der Waals surface area contributed by atoms with Gasteiger partial charge in [-0.3, -0.25) is 9.59 Å². The standard InChI is InChI=1S/C25H28N2O4/c1-15(2)17-6-8-18(9-7-17)27-14-25-12-11-20(31-25)21(22(25)24(27)29)23(28)26(4)13-19-10-5-16(3)30-19/h5-12,15,20-22H,13-14H2,1-4H3/t20-,21+,22+,25-/m0/s1. The third kappa shape index (κ3) is 3.12. The second-order valence-electron chi connectivity index (χ2n) is 9.28. The van der Waals surface area contributed by atoms with Crippen molar-refractivity contribution in [2.45, 2.75) is 44.9 Å². The lowest BCUT2D eigenvalue weighted by Gasteiger charge is -2.27. The van der Waals surface area contributed by atoms with Crippen LogP contribution in [-0.2, 0) is 20.9 Å². The minimum Gasteiger partial charge on any atom is -0.464 e. The number of hydrogen-bond donors (Lipinski definition) is 0. The summed E-state index contributed by atoms with van der Waals surface area (Å²) in [5, 5.41) is 0. The van der Waals surface area contributed by atoms with Crippen LogP contribution in [0, 0.1) is 18.8 Å². The number of aryl methyl sites for hydroxylation is 1. The number of benzene rings is 1. The van der Waals surface area contributed by atoms with E-state index in [4.69, 9.17) is 9.15 Å². The lowest BCUT2D eigenvalue weighted by atomic mass is 9.76. The zero-order valence-corrected chi connectivity index (χ0v) is 18.4. The molecule has 162 valence electrons. The Morgan fingerprint density at radius 2 is 1.97 bits per heavy atom. The first-order valence-corrected chi connectivity index (χ1v) is 10.9. The lowest BCUT2D eigenvalue weighted by molar-refractivity contribution is -0.139. The average Bonchev–Trinajstić information content (AvgIpc) is 3.49. The van der Waals surface area contributed by atoms with Crippen molar-refractivity contribution in [3.8, 4) is 0 Å². The van der Waals surface area contributed by atoms with E-state index >= 15 is 0 Å². The second-order valence-corrected chi connectivity index (χ2v) is 9.28. The first-order valence-electron chi connectivity index (χ1n) is 10.9. The number of ether oxygens (including phenoxy) is 1. The Bertz CT molecular complexity index is 1050. The van der Waals surface area contributed by atoms with Gasteiger partial charge in [-0.05, 0) is 42.7 Å². The number of nitrogens with zero attached hydrogens (tertiary/aromatic N) is 2. The molecule has 0 unspecified atom stereocenters. The van der Waals surface area contributed by atoms with Gasteiger partial charge in [0.25, 0.3) is 0 Å². The van der Waals surface area contributed by atoms with Gasteiger partial charge in [-0.15, -0.1) is 0 Å². The quantitative estimate of drug-likeness (QED) is 0.693. The molecule has 5 rings (SSSR count). The van der Waals surface area contributed by atoms with Crippen LogP contribution in [0.1, 0.15) is 36.8 Å². The molecule has 0 N–H and O–H groups in total. The fraction of sp³-hybridized carbons (Fsp3) is 0.440. The SMILES string of the molecule is Cc1ccc(CN(C)C(=O)[C@@H]2[C@@H]3C=C[C@@]4(CN(c5ccc(C(C)C)cc5)C(=O)[C@@H]24)O3)o1. The summed E-state index contributed by atoms with van der Waals surface area (Å²) in [5.74, 6) is 0.835. The first kappa shape index (κ1) is 20.1. The fourth-order valence-corrected chi connectivity index (χ4v) is 5.17. The summed E-state index contributed by atoms with van der Waals surface area (Å²) in [6, 6.07) is 11.9. The van der Waals surface area contributed by atoms with Crippen molar-refractivity contribution < 1.29 is 18.7 Å². The molecule has 2 bridgehead atoms. The molecule has 6 nitrogen and oxygen atoms in total. The topological polar surface area (TPSA) is 63.0 Å². The number of furan rings is 1. The number of rotatable bonds is 5. The molecule has 3 aliphatic heterocycles. The highest BCUT2D eigenvalue weighted by atomic mass is 16.5. The van der Waals surface area contributed by atoms with Gasteiger partial charge < -0.3 is 19.0 Å². The first-order chi connectivity index (χ1) is 14.8. The van der Waals surface area contributed by atoms with Crippen molar-refractivity contribution in [1.82, 2.24) is 4.90 Å². The van der Waals surface area contributed by atoms with Crippen LogP contribution in [0.2, 0.25) is 0 Å². The summed E-state index contributed by atoms with van der Waals surface area (Å²) in [5.41, 5.74) is 1.36. The molecule has 1 aromatic carbocycles. The van der Waals surface area contributed by atoms with Gasteiger partial charge in [-0.1, -0.05) is 38.1 Å². The van der Waals surface area contributed by atoms with E-state index in [1.165, 1.54) is 5.56 Å². The molecule has 2 amide bonds. The average molecular weight is 421 g/mol. The predicted octanol–water partition coefficient (Wildman–Crippen LogP) is 3.66. The van der Waals surface area contributed by atoms with Crippen molar-refractivity contribution >= 4 is 17.5 Å². The Hall–Kier alpha value is -2.86. The summed E-state index contributed by atoms with van der Waals surface area (Å²) in [6.07, 6.45) is 3.58. The molecule has 4 atom stereocenters. The molecule has 6 heteroatoms. The van der Waals surface area contributed by atoms with E-state index in [1.807, 2.05) is 43.3 Å². The number of fused-ring (bicyclic) bond motifs is 1. The van der Waals surface area contributed by atoms with E-state index in [-0.39, 0.29) is 17.9 Å². The Morgan fingerprint density at radius 3 is 2.61 bits per heavy atom. The van der Waals surface area contributed by atoms with Crippen LogP contribution in [0.5, 0.6) is 0 Å². The Kier molecular flexibility index (Phi) is 4.59. The van der Waals surface area contributed by atoms with Gasteiger partial charge in [-0.2, -0.15) is 0 Å². The fourth-order valence-electron chi connectivity index (χ4n) is 5.17. The molecule has 2 aromatic rings. The van der Waals surface area contributed by atoms with Crippen LogP contribution in [0.3, 0.4) is 0 Å². The van der Waals surface area contributed by atoms with Crippen molar-refractivity contribution in [2.24, 2.45) is 11.8 Å². The maximum atomic E-state index is 13.5. The molecular weight excluding hydrogens is 392 g/mol. The van der Waals surface area contributed by atoms with Gasteiger partial charge in [0, 0.05) is 12.7 Å². The highest BCUT2D eigenvalue weighted by Gasteiger charge is 2.67. The molecule has 31 heavy (non-hydrogen) atoms. The van der Waals surface area contributed by atoms with Crippen molar-refractivity contribution in [3.63, 3.8) is 0 Å². The van der Waals surface area contributed by atoms with Crippen LogP contribution < -0.4 is 4.90 Å². The van der Waals surface area contributed by atoms with Crippen LogP contribution in [0.15, 0.2) is 53.0 Å². The number of carbonyl (C=O) groups excluding carboxylic acids is 2. The normalized spacial score (nSPS) is 28.6. The monoisotopic (exact) mass is 420 g/mol. The summed E-state index contributed by atoms with van der Waals surface area (Å²) in [6.45, 7) is 6.98. The third-order valence-corrected chi connectivity index (χ3v) is 6.82. The second kappa shape index (κ2) is 7.09. The Morgan fingerprint density at radius 1 is 1.23 bits per heavy atom. The van der Waals surface area contributed by atoms with E-state index in [0.717, 1.165) is 17.2 Å². The summed E-state index contributed by atoms with van der Waals surface area (Å²) in [4.78, 5) is 30.3. The number of anilines is 1. The van der Waals surface area contributed by atoms with Crippen LogP contribution in [0.4, 0.5) is 5.69 Å². The van der Waals surface area contributed by atoms with Crippen LogP contribution in [0.25, 0.3) is 0 Å². The van der Waals surface area contributed by atoms with Gasteiger partial charge in [0.15, 0.2) is 0 Å². The number of carbonyl (C=O) groups is 2. The largest absolute Gasteiger partial charge is 0.464 e. The van der Waals surface area contributed by atoms with Crippen molar-refractivity contribution in [2.75, 3.05) is 18.5 Å². The molecule has 4 heterocycles. The predicted molar refractivity (Wildman–Crippen MR) is 117 cm³/mol. The Balaban J connectivity index is 1.39.